The third kappa shape index (κ3) is 2.37. The Labute approximate surface area is 73.9 Å². The summed E-state index contributed by atoms with van der Waals surface area (Å²) in [7, 11) is 0. The molecule has 10 heavy (non-hydrogen) atoms. The minimum Gasteiger partial charge on any atom is -0.117 e. The third-order valence-electron chi connectivity index (χ3n) is 0.892. The number of hydrogen-bond donors (Lipinski definition) is 0. The molecule has 0 amide bonds. The fraction of sp³-hybridized carbons (Fsp3) is 0.143. The van der Waals surface area contributed by atoms with Crippen LogP contribution in [0.3, 0.4) is 0 Å². The van der Waals surface area contributed by atoms with Crippen LogP contribution in [0.15, 0.2) is 29.0 Å². The predicted molar refractivity (Wildman–Crippen MR) is 50.3 cm³/mol. The number of rotatable bonds is 3. The van der Waals surface area contributed by atoms with Gasteiger partial charge in [0.2, 0.25) is 0 Å². The summed E-state index contributed by atoms with van der Waals surface area (Å²) < 4.78 is 2.11. The van der Waals surface area contributed by atoms with E-state index in [0.29, 0.717) is 0 Å². The Hall–Kier alpha value is 0.0800. The van der Waals surface area contributed by atoms with E-state index in [1.54, 1.807) is 23.1 Å². The minimum atomic E-state index is 0.853. The summed E-state index contributed by atoms with van der Waals surface area (Å²) in [6, 6.07) is 3.94. The Morgan fingerprint density at radius 1 is 1.70 bits per heavy atom. The lowest BCUT2D eigenvalue weighted by Gasteiger charge is -1.87. The standard InChI is InChI=1S/C7H7ClS2/c1-2-5-9-7-4-3-6(8)10-7/h2-4H,1,5H2. The van der Waals surface area contributed by atoms with E-state index in [2.05, 4.69) is 6.58 Å². The van der Waals surface area contributed by atoms with E-state index in [1.165, 1.54) is 4.21 Å². The van der Waals surface area contributed by atoms with Crippen LogP contribution in [0.1, 0.15) is 0 Å². The van der Waals surface area contributed by atoms with Crippen LogP contribution in [0.2, 0.25) is 4.34 Å². The zero-order chi connectivity index (χ0) is 7.40. The highest BCUT2D eigenvalue weighted by Gasteiger charge is 1.95. The van der Waals surface area contributed by atoms with Crippen molar-refractivity contribution in [1.29, 1.82) is 0 Å². The second kappa shape index (κ2) is 4.06. The van der Waals surface area contributed by atoms with Gasteiger partial charge in [0.05, 0.1) is 8.55 Å². The first-order chi connectivity index (χ1) is 4.83. The Kier molecular flexibility index (Phi) is 3.32. The second-order valence-electron chi connectivity index (χ2n) is 1.66. The van der Waals surface area contributed by atoms with Crippen LogP contribution in [-0.2, 0) is 0 Å². The van der Waals surface area contributed by atoms with Gasteiger partial charge in [-0.25, -0.2) is 0 Å². The van der Waals surface area contributed by atoms with Gasteiger partial charge >= 0.3 is 0 Å². The molecule has 0 spiro atoms. The maximum Gasteiger partial charge on any atom is 0.0940 e. The van der Waals surface area contributed by atoms with E-state index in [9.17, 15) is 0 Å². The molecule has 1 aromatic rings. The molecule has 0 unspecified atom stereocenters. The summed E-state index contributed by atoms with van der Waals surface area (Å²) >= 11 is 9.08. The lowest BCUT2D eigenvalue weighted by atomic mass is 10.7. The van der Waals surface area contributed by atoms with Gasteiger partial charge in [0, 0.05) is 5.75 Å². The fourth-order valence-corrected chi connectivity index (χ4v) is 2.59. The van der Waals surface area contributed by atoms with Crippen LogP contribution < -0.4 is 0 Å². The number of hydrogen-bond acceptors (Lipinski definition) is 2. The molecule has 0 aliphatic carbocycles. The minimum absolute atomic E-state index is 0.853. The van der Waals surface area contributed by atoms with Gasteiger partial charge in [-0.2, -0.15) is 0 Å². The number of thioether (sulfide) groups is 1. The molecule has 0 N–H and O–H groups in total. The molecule has 0 aliphatic heterocycles. The molecule has 0 saturated carbocycles. The van der Waals surface area contributed by atoms with Crippen molar-refractivity contribution < 1.29 is 0 Å². The van der Waals surface area contributed by atoms with Crippen molar-refractivity contribution in [3.8, 4) is 0 Å². The highest BCUT2D eigenvalue weighted by molar-refractivity contribution is 8.01. The molecular weight excluding hydrogens is 184 g/mol. The zero-order valence-electron chi connectivity index (χ0n) is 5.34. The van der Waals surface area contributed by atoms with Crippen LogP contribution >= 0.6 is 34.7 Å². The Morgan fingerprint density at radius 3 is 3.00 bits per heavy atom. The molecular formula is C7H7ClS2. The first-order valence-corrected chi connectivity index (χ1v) is 5.00. The van der Waals surface area contributed by atoms with Gasteiger partial charge in [-0.15, -0.1) is 29.7 Å². The van der Waals surface area contributed by atoms with Gasteiger partial charge in [-0.1, -0.05) is 17.7 Å². The topological polar surface area (TPSA) is 0 Å². The van der Waals surface area contributed by atoms with Crippen molar-refractivity contribution in [2.45, 2.75) is 4.21 Å². The van der Waals surface area contributed by atoms with Crippen molar-refractivity contribution in [3.63, 3.8) is 0 Å². The maximum atomic E-state index is 5.72. The monoisotopic (exact) mass is 190 g/mol. The van der Waals surface area contributed by atoms with E-state index in [-0.39, 0.29) is 0 Å². The predicted octanol–water partition coefficient (Wildman–Crippen LogP) is 3.68. The molecule has 54 valence electrons. The summed E-state index contributed by atoms with van der Waals surface area (Å²) in [5, 5.41) is 0. The summed E-state index contributed by atoms with van der Waals surface area (Å²) in [6.07, 6.45) is 1.89. The molecule has 0 aromatic carbocycles. The first-order valence-electron chi connectivity index (χ1n) is 2.82. The van der Waals surface area contributed by atoms with Gasteiger partial charge in [-0.05, 0) is 12.1 Å². The smallest absolute Gasteiger partial charge is 0.0940 e. The Morgan fingerprint density at radius 2 is 2.50 bits per heavy atom. The Balaban J connectivity index is 2.49. The highest BCUT2D eigenvalue weighted by Crippen LogP contribution is 2.29. The van der Waals surface area contributed by atoms with E-state index >= 15 is 0 Å². The number of halogens is 1. The van der Waals surface area contributed by atoms with Crippen LogP contribution in [0, 0.1) is 0 Å². The van der Waals surface area contributed by atoms with E-state index in [4.69, 9.17) is 11.6 Å². The lowest BCUT2D eigenvalue weighted by molar-refractivity contribution is 1.70. The van der Waals surface area contributed by atoms with Gasteiger partial charge in [0.15, 0.2) is 0 Å². The third-order valence-corrected chi connectivity index (χ3v) is 3.34. The van der Waals surface area contributed by atoms with Gasteiger partial charge in [0.1, 0.15) is 0 Å². The molecule has 3 heteroatoms. The summed E-state index contributed by atoms with van der Waals surface area (Å²) in [6.45, 7) is 3.63. The van der Waals surface area contributed by atoms with Crippen molar-refractivity contribution in [3.05, 3.63) is 29.1 Å². The maximum absolute atomic E-state index is 5.72. The van der Waals surface area contributed by atoms with E-state index in [0.717, 1.165) is 10.1 Å². The fourth-order valence-electron chi connectivity index (χ4n) is 0.516. The lowest BCUT2D eigenvalue weighted by Crippen LogP contribution is -1.63. The molecule has 0 bridgehead atoms. The molecule has 0 fully saturated rings. The van der Waals surface area contributed by atoms with Crippen LogP contribution in [0.5, 0.6) is 0 Å². The second-order valence-corrected chi connectivity index (χ2v) is 4.69. The molecule has 1 rings (SSSR count). The molecule has 0 atom stereocenters. The molecule has 1 heterocycles. The SMILES string of the molecule is C=CCSc1ccc(Cl)s1. The molecule has 0 nitrogen and oxygen atoms in total. The van der Waals surface area contributed by atoms with Crippen molar-refractivity contribution in [2.75, 3.05) is 5.75 Å². The van der Waals surface area contributed by atoms with Crippen LogP contribution in [-0.4, -0.2) is 5.75 Å². The van der Waals surface area contributed by atoms with Gasteiger partial charge in [-0.3, -0.25) is 0 Å². The summed E-state index contributed by atoms with van der Waals surface area (Å²) in [4.78, 5) is 0. The first kappa shape index (κ1) is 8.18. The zero-order valence-corrected chi connectivity index (χ0v) is 7.73. The van der Waals surface area contributed by atoms with Crippen molar-refractivity contribution >= 4 is 34.7 Å². The summed E-state index contributed by atoms with van der Waals surface area (Å²) in [5.41, 5.74) is 0. The van der Waals surface area contributed by atoms with Crippen molar-refractivity contribution in [1.82, 2.24) is 0 Å². The normalized spacial score (nSPS) is 9.70. The van der Waals surface area contributed by atoms with Crippen LogP contribution in [0.25, 0.3) is 0 Å². The quantitative estimate of drug-likeness (QED) is 0.518. The highest BCUT2D eigenvalue weighted by atomic mass is 35.5. The van der Waals surface area contributed by atoms with E-state index in [1.807, 2.05) is 18.2 Å². The average molecular weight is 191 g/mol. The van der Waals surface area contributed by atoms with Crippen molar-refractivity contribution in [2.24, 2.45) is 0 Å². The number of thiophene rings is 1. The van der Waals surface area contributed by atoms with E-state index < -0.39 is 0 Å². The molecule has 1 aromatic heterocycles. The molecule has 0 radical (unpaired) electrons. The summed E-state index contributed by atoms with van der Waals surface area (Å²) in [5.74, 6) is 0.955. The average Bonchev–Trinajstić information content (AvgIpc) is 2.31. The van der Waals surface area contributed by atoms with Gasteiger partial charge in [0.25, 0.3) is 0 Å². The Bertz CT molecular complexity index is 217. The largest absolute Gasteiger partial charge is 0.117 e. The molecule has 0 aliphatic rings. The van der Waals surface area contributed by atoms with Crippen LogP contribution in [0.4, 0.5) is 0 Å². The molecule has 0 saturated heterocycles. The van der Waals surface area contributed by atoms with Gasteiger partial charge < -0.3 is 0 Å².